The van der Waals surface area contributed by atoms with E-state index in [1.54, 1.807) is 12.1 Å². The predicted octanol–water partition coefficient (Wildman–Crippen LogP) is 4.10. The molecular formula is C19H19F3N2. The predicted molar refractivity (Wildman–Crippen MR) is 89.2 cm³/mol. The van der Waals surface area contributed by atoms with Crippen LogP contribution in [0.15, 0.2) is 42.5 Å². The lowest BCUT2D eigenvalue weighted by atomic mass is 9.95. The summed E-state index contributed by atoms with van der Waals surface area (Å²) in [6, 6.07) is 12.0. The minimum absolute atomic E-state index is 0.278. The van der Waals surface area contributed by atoms with Crippen LogP contribution in [-0.2, 0) is 12.6 Å². The van der Waals surface area contributed by atoms with E-state index >= 15 is 0 Å². The fourth-order valence-corrected chi connectivity index (χ4v) is 3.97. The van der Waals surface area contributed by atoms with Crippen LogP contribution in [0.5, 0.6) is 0 Å². The molecule has 0 spiro atoms. The second-order valence-corrected chi connectivity index (χ2v) is 6.45. The maximum Gasteiger partial charge on any atom is 0.417 e. The van der Waals surface area contributed by atoms with Gasteiger partial charge in [-0.1, -0.05) is 36.4 Å². The number of para-hydroxylation sites is 1. The van der Waals surface area contributed by atoms with Crippen LogP contribution in [0.2, 0.25) is 0 Å². The van der Waals surface area contributed by atoms with Crippen molar-refractivity contribution in [3.63, 3.8) is 0 Å². The molecular weight excluding hydrogens is 313 g/mol. The average molecular weight is 332 g/mol. The largest absolute Gasteiger partial charge is 0.417 e. The highest BCUT2D eigenvalue weighted by atomic mass is 19.4. The normalized spacial score (nSPS) is 20.5. The third kappa shape index (κ3) is 2.57. The first-order valence-corrected chi connectivity index (χ1v) is 8.31. The van der Waals surface area contributed by atoms with Gasteiger partial charge in [0.05, 0.1) is 5.56 Å². The molecule has 0 amide bonds. The van der Waals surface area contributed by atoms with Gasteiger partial charge in [-0.3, -0.25) is 0 Å². The molecule has 2 aliphatic rings. The fraction of sp³-hybridized carbons (Fsp3) is 0.368. The zero-order chi connectivity index (χ0) is 16.7. The Balaban J connectivity index is 1.87. The van der Waals surface area contributed by atoms with Crippen molar-refractivity contribution in [3.8, 4) is 11.1 Å². The standard InChI is InChI=1S/C19H19F3N2/c20-19(21,22)17-7-2-1-5-15(17)16-6-3-4-13-12-14-8-9-23-10-11-24(14)18(13)16/h1-7,14,23H,8-12H2/t14-/m1/s1. The molecule has 0 saturated carbocycles. The van der Waals surface area contributed by atoms with Gasteiger partial charge in [-0.05, 0) is 36.6 Å². The maximum absolute atomic E-state index is 13.5. The number of benzene rings is 2. The van der Waals surface area contributed by atoms with E-state index in [4.69, 9.17) is 0 Å². The molecule has 2 heterocycles. The van der Waals surface area contributed by atoms with Gasteiger partial charge in [0.15, 0.2) is 0 Å². The first-order chi connectivity index (χ1) is 11.6. The molecule has 0 aliphatic carbocycles. The van der Waals surface area contributed by atoms with E-state index in [0.29, 0.717) is 11.6 Å². The Bertz CT molecular complexity index is 755. The van der Waals surface area contributed by atoms with Crippen molar-refractivity contribution in [1.82, 2.24) is 5.32 Å². The highest BCUT2D eigenvalue weighted by Gasteiger charge is 2.36. The summed E-state index contributed by atoms with van der Waals surface area (Å²) in [5.41, 5.74) is 2.57. The first-order valence-electron chi connectivity index (χ1n) is 8.31. The summed E-state index contributed by atoms with van der Waals surface area (Å²) >= 11 is 0. The molecule has 1 fully saturated rings. The number of hydrogen-bond donors (Lipinski definition) is 1. The van der Waals surface area contributed by atoms with Gasteiger partial charge < -0.3 is 10.2 Å². The molecule has 1 atom stereocenters. The quantitative estimate of drug-likeness (QED) is 0.846. The molecule has 126 valence electrons. The summed E-state index contributed by atoms with van der Waals surface area (Å²) in [5, 5.41) is 3.38. The van der Waals surface area contributed by atoms with Crippen LogP contribution < -0.4 is 10.2 Å². The molecule has 0 aromatic heterocycles. The summed E-state index contributed by atoms with van der Waals surface area (Å²) in [6.45, 7) is 2.66. The second kappa shape index (κ2) is 5.81. The minimum atomic E-state index is -4.35. The molecule has 2 aliphatic heterocycles. The summed E-state index contributed by atoms with van der Waals surface area (Å²) in [5.74, 6) is 0. The van der Waals surface area contributed by atoms with Crippen molar-refractivity contribution in [2.45, 2.75) is 25.1 Å². The monoisotopic (exact) mass is 332 g/mol. The van der Waals surface area contributed by atoms with E-state index in [1.165, 1.54) is 12.1 Å². The molecule has 24 heavy (non-hydrogen) atoms. The first kappa shape index (κ1) is 15.5. The van der Waals surface area contributed by atoms with Gasteiger partial charge >= 0.3 is 6.18 Å². The van der Waals surface area contributed by atoms with Crippen molar-refractivity contribution in [2.24, 2.45) is 0 Å². The number of rotatable bonds is 1. The van der Waals surface area contributed by atoms with Crippen LogP contribution in [-0.4, -0.2) is 25.7 Å². The summed E-state index contributed by atoms with van der Waals surface area (Å²) in [4.78, 5) is 2.30. The smallest absolute Gasteiger partial charge is 0.366 e. The van der Waals surface area contributed by atoms with Crippen LogP contribution >= 0.6 is 0 Å². The van der Waals surface area contributed by atoms with E-state index in [2.05, 4.69) is 16.3 Å². The number of alkyl halides is 3. The van der Waals surface area contributed by atoms with Crippen LogP contribution in [0.4, 0.5) is 18.9 Å². The van der Waals surface area contributed by atoms with Gasteiger partial charge in [-0.2, -0.15) is 13.2 Å². The zero-order valence-electron chi connectivity index (χ0n) is 13.2. The number of nitrogens with one attached hydrogen (secondary N) is 1. The molecule has 0 unspecified atom stereocenters. The van der Waals surface area contributed by atoms with Crippen molar-refractivity contribution >= 4 is 5.69 Å². The Kier molecular flexibility index (Phi) is 3.76. The van der Waals surface area contributed by atoms with Gasteiger partial charge in [0.25, 0.3) is 0 Å². The van der Waals surface area contributed by atoms with E-state index in [1.807, 2.05) is 12.1 Å². The Morgan fingerprint density at radius 3 is 2.58 bits per heavy atom. The molecule has 0 radical (unpaired) electrons. The molecule has 5 heteroatoms. The van der Waals surface area contributed by atoms with Crippen molar-refractivity contribution in [1.29, 1.82) is 0 Å². The highest BCUT2D eigenvalue weighted by Crippen LogP contribution is 2.45. The van der Waals surface area contributed by atoms with Gasteiger partial charge in [0.1, 0.15) is 0 Å². The van der Waals surface area contributed by atoms with E-state index in [9.17, 15) is 13.2 Å². The number of halogens is 3. The van der Waals surface area contributed by atoms with E-state index in [0.717, 1.165) is 43.7 Å². The maximum atomic E-state index is 13.5. The molecule has 2 aromatic carbocycles. The SMILES string of the molecule is FC(F)(F)c1ccccc1-c1cccc2c1N1CCNCC[C@@H]1C2. The number of fused-ring (bicyclic) bond motifs is 3. The van der Waals surface area contributed by atoms with Crippen LogP contribution in [0.1, 0.15) is 17.5 Å². The Morgan fingerprint density at radius 1 is 0.958 bits per heavy atom. The Labute approximate surface area is 139 Å². The van der Waals surface area contributed by atoms with E-state index < -0.39 is 11.7 Å². The highest BCUT2D eigenvalue weighted by molar-refractivity contribution is 5.85. The third-order valence-corrected chi connectivity index (χ3v) is 5.01. The lowest BCUT2D eigenvalue weighted by Crippen LogP contribution is -2.33. The molecule has 1 saturated heterocycles. The Hall–Kier alpha value is -2.01. The minimum Gasteiger partial charge on any atom is -0.366 e. The van der Waals surface area contributed by atoms with Gasteiger partial charge in [-0.25, -0.2) is 0 Å². The third-order valence-electron chi connectivity index (χ3n) is 5.01. The molecule has 1 N–H and O–H groups in total. The topological polar surface area (TPSA) is 15.3 Å². The average Bonchev–Trinajstić information content (AvgIpc) is 2.76. The summed E-state index contributed by atoms with van der Waals surface area (Å²) in [6.07, 6.45) is -2.41. The van der Waals surface area contributed by atoms with Crippen LogP contribution in [0.3, 0.4) is 0 Å². The van der Waals surface area contributed by atoms with Gasteiger partial charge in [-0.15, -0.1) is 0 Å². The summed E-state index contributed by atoms with van der Waals surface area (Å²) in [7, 11) is 0. The number of hydrogen-bond acceptors (Lipinski definition) is 2. The van der Waals surface area contributed by atoms with Crippen LogP contribution in [0.25, 0.3) is 11.1 Å². The number of anilines is 1. The van der Waals surface area contributed by atoms with Crippen molar-refractivity contribution < 1.29 is 13.2 Å². The Morgan fingerprint density at radius 2 is 1.75 bits per heavy atom. The zero-order valence-corrected chi connectivity index (χ0v) is 13.2. The fourth-order valence-electron chi connectivity index (χ4n) is 3.97. The van der Waals surface area contributed by atoms with Crippen LogP contribution in [0, 0.1) is 0 Å². The van der Waals surface area contributed by atoms with Gasteiger partial charge in [0, 0.05) is 30.4 Å². The lowest BCUT2D eigenvalue weighted by molar-refractivity contribution is -0.137. The number of nitrogens with zero attached hydrogens (tertiary/aromatic N) is 1. The molecule has 2 nitrogen and oxygen atoms in total. The molecule has 4 rings (SSSR count). The second-order valence-electron chi connectivity index (χ2n) is 6.45. The lowest BCUT2D eigenvalue weighted by Gasteiger charge is -2.27. The van der Waals surface area contributed by atoms with E-state index in [-0.39, 0.29) is 5.56 Å². The van der Waals surface area contributed by atoms with Gasteiger partial charge in [0.2, 0.25) is 0 Å². The molecule has 0 bridgehead atoms. The molecule has 2 aromatic rings. The van der Waals surface area contributed by atoms with Crippen molar-refractivity contribution in [3.05, 3.63) is 53.6 Å². The van der Waals surface area contributed by atoms with Crippen molar-refractivity contribution in [2.75, 3.05) is 24.5 Å². The summed E-state index contributed by atoms with van der Waals surface area (Å²) < 4.78 is 40.4.